The first-order valence-corrected chi connectivity index (χ1v) is 9.52. The minimum atomic E-state index is -3.55. The number of rotatable bonds is 3. The van der Waals surface area contributed by atoms with E-state index in [-0.39, 0.29) is 19.6 Å². The first kappa shape index (κ1) is 15.9. The molecule has 5 nitrogen and oxygen atoms in total. The molecule has 1 saturated heterocycles. The highest BCUT2D eigenvalue weighted by Crippen LogP contribution is 2.32. The molecule has 0 spiro atoms. The molecule has 120 valence electrons. The van der Waals surface area contributed by atoms with Crippen LogP contribution in [0.2, 0.25) is 0 Å². The second-order valence-corrected chi connectivity index (χ2v) is 8.99. The van der Waals surface area contributed by atoms with Crippen LogP contribution in [0.4, 0.5) is 0 Å². The van der Waals surface area contributed by atoms with Gasteiger partial charge in [0, 0.05) is 17.8 Å². The van der Waals surface area contributed by atoms with Crippen LogP contribution in [0.3, 0.4) is 0 Å². The van der Waals surface area contributed by atoms with Gasteiger partial charge in [0.25, 0.3) is 10.0 Å². The van der Waals surface area contributed by atoms with Crippen molar-refractivity contribution in [3.8, 4) is 0 Å². The first-order chi connectivity index (χ1) is 10.4. The number of sulfonamides is 1. The number of thiophene rings is 1. The van der Waals surface area contributed by atoms with E-state index in [9.17, 15) is 18.6 Å². The summed E-state index contributed by atoms with van der Waals surface area (Å²) in [5.41, 5.74) is -1.16. The highest BCUT2D eigenvalue weighted by molar-refractivity contribution is 7.91. The lowest BCUT2D eigenvalue weighted by atomic mass is 9.96. The molecular weight excluding hydrogens is 322 g/mol. The number of aliphatic hydroxyl groups is 2. The Bertz CT molecular complexity index is 738. The van der Waals surface area contributed by atoms with Crippen LogP contribution >= 0.6 is 11.3 Å². The number of fused-ring (bicyclic) bond motifs is 1. The molecule has 0 bridgehead atoms. The second kappa shape index (κ2) is 5.90. The van der Waals surface area contributed by atoms with Gasteiger partial charge in [-0.2, -0.15) is 4.31 Å². The molecule has 1 aliphatic heterocycles. The van der Waals surface area contributed by atoms with Crippen LogP contribution in [0.1, 0.15) is 19.3 Å². The Labute approximate surface area is 133 Å². The summed E-state index contributed by atoms with van der Waals surface area (Å²) in [7, 11) is -3.55. The predicted molar refractivity (Wildman–Crippen MR) is 86.5 cm³/mol. The summed E-state index contributed by atoms with van der Waals surface area (Å²) < 4.78 is 28.3. The Morgan fingerprint density at radius 1 is 1.23 bits per heavy atom. The third-order valence-corrected chi connectivity index (χ3v) is 7.63. The highest BCUT2D eigenvalue weighted by Gasteiger charge is 2.34. The molecule has 1 unspecified atom stereocenters. The average Bonchev–Trinajstić information content (AvgIpc) is 2.85. The van der Waals surface area contributed by atoms with Crippen LogP contribution in [-0.2, 0) is 10.0 Å². The third kappa shape index (κ3) is 2.91. The molecule has 0 saturated carbocycles. The van der Waals surface area contributed by atoms with E-state index >= 15 is 0 Å². The Kier molecular flexibility index (Phi) is 4.26. The van der Waals surface area contributed by atoms with Crippen molar-refractivity contribution in [2.75, 3.05) is 19.7 Å². The van der Waals surface area contributed by atoms with E-state index in [1.54, 1.807) is 6.07 Å². The molecule has 1 fully saturated rings. The minimum Gasteiger partial charge on any atom is -0.393 e. The van der Waals surface area contributed by atoms with Gasteiger partial charge >= 0.3 is 0 Å². The highest BCUT2D eigenvalue weighted by atomic mass is 32.2. The van der Waals surface area contributed by atoms with Crippen LogP contribution in [0, 0.1) is 0 Å². The van der Waals surface area contributed by atoms with Gasteiger partial charge in [0.05, 0.1) is 12.2 Å². The van der Waals surface area contributed by atoms with Crippen molar-refractivity contribution < 1.29 is 18.6 Å². The number of hydrogen-bond acceptors (Lipinski definition) is 5. The standard InChI is InChI=1S/C15H19NO4S2/c17-11-15(18)6-3-8-16(9-7-15)22(19,20)14-10-12-4-1-2-5-13(12)21-14/h1-2,4-5,10,17-18H,3,6-9,11H2. The lowest BCUT2D eigenvalue weighted by Gasteiger charge is -2.24. The van der Waals surface area contributed by atoms with Crippen molar-refractivity contribution >= 4 is 31.4 Å². The summed E-state index contributed by atoms with van der Waals surface area (Å²) in [5, 5.41) is 20.3. The van der Waals surface area contributed by atoms with Crippen molar-refractivity contribution in [2.24, 2.45) is 0 Å². The quantitative estimate of drug-likeness (QED) is 0.892. The minimum absolute atomic E-state index is 0.230. The topological polar surface area (TPSA) is 77.8 Å². The van der Waals surface area contributed by atoms with Gasteiger partial charge in [-0.3, -0.25) is 0 Å². The molecule has 1 aromatic carbocycles. The number of hydrogen-bond donors (Lipinski definition) is 2. The first-order valence-electron chi connectivity index (χ1n) is 7.27. The van der Waals surface area contributed by atoms with Crippen LogP contribution in [0.5, 0.6) is 0 Å². The fraction of sp³-hybridized carbons (Fsp3) is 0.467. The van der Waals surface area contributed by atoms with Crippen LogP contribution < -0.4 is 0 Å². The summed E-state index contributed by atoms with van der Waals surface area (Å²) >= 11 is 1.27. The molecule has 7 heteroatoms. The molecule has 1 aliphatic rings. The Hall–Kier alpha value is -0.990. The van der Waals surface area contributed by atoms with Gasteiger partial charge in [-0.25, -0.2) is 8.42 Å². The van der Waals surface area contributed by atoms with Crippen molar-refractivity contribution in [1.82, 2.24) is 4.31 Å². The van der Waals surface area contributed by atoms with Gasteiger partial charge in [-0.05, 0) is 36.8 Å². The van der Waals surface area contributed by atoms with Gasteiger partial charge in [0.1, 0.15) is 4.21 Å². The zero-order chi connectivity index (χ0) is 15.8. The number of benzene rings is 1. The van der Waals surface area contributed by atoms with Crippen molar-refractivity contribution in [2.45, 2.75) is 29.1 Å². The van der Waals surface area contributed by atoms with Crippen molar-refractivity contribution in [3.63, 3.8) is 0 Å². The molecule has 1 aromatic heterocycles. The second-order valence-electron chi connectivity index (χ2n) is 5.74. The molecule has 0 radical (unpaired) electrons. The Balaban J connectivity index is 1.89. The lowest BCUT2D eigenvalue weighted by molar-refractivity contribution is -0.0243. The summed E-state index contributed by atoms with van der Waals surface area (Å²) in [6.07, 6.45) is 1.22. The van der Waals surface area contributed by atoms with E-state index in [1.807, 2.05) is 24.3 Å². The fourth-order valence-corrected chi connectivity index (χ4v) is 5.80. The molecule has 2 aromatic rings. The zero-order valence-corrected chi connectivity index (χ0v) is 13.7. The zero-order valence-electron chi connectivity index (χ0n) is 12.1. The van der Waals surface area contributed by atoms with Gasteiger partial charge in [0.2, 0.25) is 0 Å². The van der Waals surface area contributed by atoms with E-state index in [1.165, 1.54) is 15.6 Å². The fourth-order valence-electron chi connectivity index (χ4n) is 2.76. The maximum absolute atomic E-state index is 12.8. The van der Waals surface area contributed by atoms with Crippen LogP contribution in [0.15, 0.2) is 34.5 Å². The number of aliphatic hydroxyl groups excluding tert-OH is 1. The van der Waals surface area contributed by atoms with Crippen molar-refractivity contribution in [1.29, 1.82) is 0 Å². The van der Waals surface area contributed by atoms with Crippen LogP contribution in [0.25, 0.3) is 10.1 Å². The summed E-state index contributed by atoms with van der Waals surface area (Å²) in [5.74, 6) is 0. The van der Waals surface area contributed by atoms with Gasteiger partial charge in [-0.1, -0.05) is 18.2 Å². The summed E-state index contributed by atoms with van der Waals surface area (Å²) in [6, 6.07) is 9.30. The lowest BCUT2D eigenvalue weighted by Crippen LogP contribution is -2.36. The van der Waals surface area contributed by atoms with E-state index in [0.717, 1.165) is 10.1 Å². The monoisotopic (exact) mass is 341 g/mol. The van der Waals surface area contributed by atoms with E-state index in [4.69, 9.17) is 0 Å². The SMILES string of the molecule is O=S(=O)(c1cc2ccccc2s1)N1CCCC(O)(CO)CC1. The molecule has 3 rings (SSSR count). The molecule has 22 heavy (non-hydrogen) atoms. The average molecular weight is 341 g/mol. The van der Waals surface area contributed by atoms with Gasteiger partial charge < -0.3 is 10.2 Å². The third-order valence-electron chi connectivity index (χ3n) is 4.17. The Morgan fingerprint density at radius 2 is 2.00 bits per heavy atom. The molecule has 0 aliphatic carbocycles. The van der Waals surface area contributed by atoms with Gasteiger partial charge in [0.15, 0.2) is 0 Å². The Morgan fingerprint density at radius 3 is 2.73 bits per heavy atom. The molecule has 0 amide bonds. The van der Waals surface area contributed by atoms with E-state index in [0.29, 0.717) is 23.6 Å². The predicted octanol–water partition coefficient (Wildman–Crippen LogP) is 1.80. The van der Waals surface area contributed by atoms with Gasteiger partial charge in [-0.15, -0.1) is 11.3 Å². The normalized spacial score (nSPS) is 24.5. The largest absolute Gasteiger partial charge is 0.393 e. The number of nitrogens with zero attached hydrogens (tertiary/aromatic N) is 1. The van der Waals surface area contributed by atoms with E-state index < -0.39 is 15.6 Å². The molecule has 2 heterocycles. The molecule has 2 N–H and O–H groups in total. The summed E-state index contributed by atoms with van der Waals surface area (Å²) in [4.78, 5) is 0. The summed E-state index contributed by atoms with van der Waals surface area (Å²) in [6.45, 7) is 0.274. The maximum atomic E-state index is 12.8. The molecular formula is C15H19NO4S2. The van der Waals surface area contributed by atoms with Crippen molar-refractivity contribution in [3.05, 3.63) is 30.3 Å². The maximum Gasteiger partial charge on any atom is 0.252 e. The molecule has 1 atom stereocenters. The van der Waals surface area contributed by atoms with E-state index in [2.05, 4.69) is 0 Å². The van der Waals surface area contributed by atoms with Crippen LogP contribution in [-0.4, -0.2) is 48.2 Å². The smallest absolute Gasteiger partial charge is 0.252 e.